The van der Waals surface area contributed by atoms with Crippen molar-refractivity contribution in [1.29, 1.82) is 0 Å². The summed E-state index contributed by atoms with van der Waals surface area (Å²) in [5, 5.41) is 0. The Morgan fingerprint density at radius 1 is 0.900 bits per heavy atom. The number of rotatable bonds is 1. The van der Waals surface area contributed by atoms with Crippen LogP contribution in [-0.2, 0) is 0 Å². The van der Waals surface area contributed by atoms with Gasteiger partial charge in [0.2, 0.25) is 0 Å². The van der Waals surface area contributed by atoms with Crippen molar-refractivity contribution in [3.05, 3.63) is 0 Å². The fourth-order valence-corrected chi connectivity index (χ4v) is 2.47. The zero-order valence-corrected chi connectivity index (χ0v) is 6.55. The quantitative estimate of drug-likeness (QED) is 0.590. The van der Waals surface area contributed by atoms with Crippen LogP contribution in [0.15, 0.2) is 0 Å². The average Bonchev–Trinajstić information content (AvgIpc) is 2.12. The van der Waals surface area contributed by atoms with Gasteiger partial charge < -0.3 is 5.73 Å². The molecule has 0 amide bonds. The molecule has 0 spiro atoms. The van der Waals surface area contributed by atoms with E-state index in [4.69, 9.17) is 5.73 Å². The van der Waals surface area contributed by atoms with E-state index in [0.29, 0.717) is 6.04 Å². The largest absolute Gasteiger partial charge is 0.327 e. The fourth-order valence-electron chi connectivity index (χ4n) is 2.47. The van der Waals surface area contributed by atoms with Gasteiger partial charge in [0.05, 0.1) is 0 Å². The smallest absolute Gasteiger partial charge is 0.00698 e. The zero-order valence-electron chi connectivity index (χ0n) is 6.55. The molecule has 0 bridgehead atoms. The van der Waals surface area contributed by atoms with Crippen LogP contribution in [0.1, 0.15) is 38.5 Å². The molecule has 0 aromatic rings. The first kappa shape index (κ1) is 6.66. The summed E-state index contributed by atoms with van der Waals surface area (Å²) in [6.07, 6.45) is 8.51. The molecule has 2 fully saturated rings. The van der Waals surface area contributed by atoms with Crippen LogP contribution in [-0.4, -0.2) is 6.04 Å². The van der Waals surface area contributed by atoms with Crippen LogP contribution in [0.25, 0.3) is 0 Å². The van der Waals surface area contributed by atoms with E-state index in [2.05, 4.69) is 0 Å². The number of nitrogens with two attached hydrogens (primary N) is 1. The Morgan fingerprint density at radius 3 is 2.00 bits per heavy atom. The highest BCUT2D eigenvalue weighted by Gasteiger charge is 2.34. The summed E-state index contributed by atoms with van der Waals surface area (Å²) in [4.78, 5) is 0. The molecule has 0 aromatic heterocycles. The molecule has 0 radical (unpaired) electrons. The Kier molecular flexibility index (Phi) is 1.69. The van der Waals surface area contributed by atoms with Gasteiger partial charge in [0, 0.05) is 6.04 Å². The van der Waals surface area contributed by atoms with Crippen molar-refractivity contribution >= 4 is 0 Å². The molecule has 2 rings (SSSR count). The molecular formula is C9H17N. The van der Waals surface area contributed by atoms with Gasteiger partial charge in [0.15, 0.2) is 0 Å². The van der Waals surface area contributed by atoms with Crippen molar-refractivity contribution in [2.24, 2.45) is 17.6 Å². The fraction of sp³-hybridized carbons (Fsp3) is 1.00. The Hall–Kier alpha value is -0.0400. The third-order valence-electron chi connectivity index (χ3n) is 3.38. The Labute approximate surface area is 63.0 Å². The van der Waals surface area contributed by atoms with Crippen molar-refractivity contribution in [3.63, 3.8) is 0 Å². The van der Waals surface area contributed by atoms with E-state index in [-0.39, 0.29) is 0 Å². The molecular weight excluding hydrogens is 122 g/mol. The molecule has 58 valence electrons. The molecule has 0 aromatic carbocycles. The summed E-state index contributed by atoms with van der Waals surface area (Å²) in [6, 6.07) is 0.560. The van der Waals surface area contributed by atoms with E-state index in [0.717, 1.165) is 11.8 Å². The lowest BCUT2D eigenvalue weighted by atomic mass is 9.74. The van der Waals surface area contributed by atoms with Crippen molar-refractivity contribution in [3.8, 4) is 0 Å². The zero-order chi connectivity index (χ0) is 6.97. The van der Waals surface area contributed by atoms with E-state index in [9.17, 15) is 0 Å². The SMILES string of the molecule is NC1CCCC1C1CCC1. The first-order valence-corrected chi connectivity index (χ1v) is 4.63. The second-order valence-electron chi connectivity index (χ2n) is 3.95. The third-order valence-corrected chi connectivity index (χ3v) is 3.38. The summed E-state index contributed by atoms with van der Waals surface area (Å²) < 4.78 is 0. The lowest BCUT2D eigenvalue weighted by molar-refractivity contribution is 0.194. The Balaban J connectivity index is 1.90. The molecule has 0 heterocycles. The maximum absolute atomic E-state index is 5.99. The van der Waals surface area contributed by atoms with E-state index >= 15 is 0 Å². The van der Waals surface area contributed by atoms with Gasteiger partial charge in [-0.15, -0.1) is 0 Å². The summed E-state index contributed by atoms with van der Waals surface area (Å²) in [6.45, 7) is 0. The first-order valence-electron chi connectivity index (χ1n) is 4.63. The van der Waals surface area contributed by atoms with Crippen LogP contribution in [0.4, 0.5) is 0 Å². The molecule has 1 nitrogen and oxygen atoms in total. The normalized spacial score (nSPS) is 41.7. The predicted molar refractivity (Wildman–Crippen MR) is 42.7 cm³/mol. The summed E-state index contributed by atoms with van der Waals surface area (Å²) >= 11 is 0. The predicted octanol–water partition coefficient (Wildman–Crippen LogP) is 1.91. The Bertz CT molecular complexity index is 118. The minimum atomic E-state index is 0.560. The van der Waals surface area contributed by atoms with Gasteiger partial charge in [-0.25, -0.2) is 0 Å². The highest BCUT2D eigenvalue weighted by molar-refractivity contribution is 4.88. The minimum Gasteiger partial charge on any atom is -0.327 e. The molecule has 0 aliphatic heterocycles. The topological polar surface area (TPSA) is 26.0 Å². The second-order valence-corrected chi connectivity index (χ2v) is 3.95. The molecule has 2 atom stereocenters. The van der Waals surface area contributed by atoms with Gasteiger partial charge >= 0.3 is 0 Å². The highest BCUT2D eigenvalue weighted by atomic mass is 14.7. The third kappa shape index (κ3) is 0.968. The van der Waals surface area contributed by atoms with Crippen molar-refractivity contribution in [2.75, 3.05) is 0 Å². The van der Waals surface area contributed by atoms with Gasteiger partial charge in [-0.1, -0.05) is 25.7 Å². The van der Waals surface area contributed by atoms with E-state index < -0.39 is 0 Å². The van der Waals surface area contributed by atoms with Crippen molar-refractivity contribution in [1.82, 2.24) is 0 Å². The molecule has 2 saturated carbocycles. The summed E-state index contributed by atoms with van der Waals surface area (Å²) in [5.41, 5.74) is 5.99. The van der Waals surface area contributed by atoms with Gasteiger partial charge in [0.25, 0.3) is 0 Å². The van der Waals surface area contributed by atoms with E-state index in [1.807, 2.05) is 0 Å². The summed E-state index contributed by atoms with van der Waals surface area (Å²) in [7, 11) is 0. The van der Waals surface area contributed by atoms with E-state index in [1.165, 1.54) is 38.5 Å². The molecule has 10 heavy (non-hydrogen) atoms. The van der Waals surface area contributed by atoms with Crippen LogP contribution < -0.4 is 5.73 Å². The Morgan fingerprint density at radius 2 is 1.60 bits per heavy atom. The molecule has 2 aliphatic carbocycles. The maximum atomic E-state index is 5.99. The first-order chi connectivity index (χ1) is 4.88. The summed E-state index contributed by atoms with van der Waals surface area (Å²) in [5.74, 6) is 1.94. The van der Waals surface area contributed by atoms with Gasteiger partial charge in [-0.2, -0.15) is 0 Å². The van der Waals surface area contributed by atoms with Crippen LogP contribution in [0, 0.1) is 11.8 Å². The monoisotopic (exact) mass is 139 g/mol. The number of hydrogen-bond donors (Lipinski definition) is 1. The average molecular weight is 139 g/mol. The van der Waals surface area contributed by atoms with Gasteiger partial charge in [0.1, 0.15) is 0 Å². The van der Waals surface area contributed by atoms with Crippen LogP contribution in [0.5, 0.6) is 0 Å². The highest BCUT2D eigenvalue weighted by Crippen LogP contribution is 2.41. The van der Waals surface area contributed by atoms with Gasteiger partial charge in [-0.05, 0) is 24.7 Å². The minimum absolute atomic E-state index is 0.560. The molecule has 2 unspecified atom stereocenters. The number of hydrogen-bond acceptors (Lipinski definition) is 1. The van der Waals surface area contributed by atoms with Crippen LogP contribution >= 0.6 is 0 Å². The van der Waals surface area contributed by atoms with Crippen molar-refractivity contribution < 1.29 is 0 Å². The standard InChI is InChI=1S/C9H17N/c10-9-6-2-5-8(9)7-3-1-4-7/h7-9H,1-6,10H2. The second kappa shape index (κ2) is 2.54. The maximum Gasteiger partial charge on any atom is 0.00698 e. The lowest BCUT2D eigenvalue weighted by Crippen LogP contribution is -2.33. The molecule has 0 saturated heterocycles. The molecule has 2 aliphatic rings. The van der Waals surface area contributed by atoms with Crippen LogP contribution in [0.3, 0.4) is 0 Å². The molecule has 2 N–H and O–H groups in total. The van der Waals surface area contributed by atoms with Crippen molar-refractivity contribution in [2.45, 2.75) is 44.6 Å². The van der Waals surface area contributed by atoms with Crippen LogP contribution in [0.2, 0.25) is 0 Å². The molecule has 1 heteroatoms. The van der Waals surface area contributed by atoms with E-state index in [1.54, 1.807) is 0 Å². The lowest BCUT2D eigenvalue weighted by Gasteiger charge is -2.33. The van der Waals surface area contributed by atoms with Gasteiger partial charge in [-0.3, -0.25) is 0 Å².